The van der Waals surface area contributed by atoms with E-state index in [1.54, 1.807) is 6.07 Å². The topological polar surface area (TPSA) is 55.1 Å². The fourth-order valence-electron chi connectivity index (χ4n) is 2.46. The van der Waals surface area contributed by atoms with E-state index >= 15 is 0 Å². The van der Waals surface area contributed by atoms with Crippen LogP contribution in [-0.2, 0) is 4.79 Å². The average Bonchev–Trinajstić information content (AvgIpc) is 2.39. The Hall–Kier alpha value is -1.49. The smallest absolute Gasteiger partial charge is 0.263 e. The van der Waals surface area contributed by atoms with E-state index in [0.717, 1.165) is 19.3 Å². The van der Waals surface area contributed by atoms with Crippen molar-refractivity contribution in [3.63, 3.8) is 0 Å². The van der Waals surface area contributed by atoms with Crippen LogP contribution in [0.2, 0.25) is 0 Å². The summed E-state index contributed by atoms with van der Waals surface area (Å²) < 4.78 is 25.1. The first-order valence-electron chi connectivity index (χ1n) is 6.51. The summed E-state index contributed by atoms with van der Waals surface area (Å²) >= 11 is 0. The first kappa shape index (κ1) is 13.9. The first-order chi connectivity index (χ1) is 9.06. The second-order valence-corrected chi connectivity index (χ2v) is 5.04. The van der Waals surface area contributed by atoms with Gasteiger partial charge in [-0.3, -0.25) is 4.79 Å². The number of alkyl halides is 2. The van der Waals surface area contributed by atoms with E-state index in [2.05, 4.69) is 5.32 Å². The molecule has 1 aromatic rings. The van der Waals surface area contributed by atoms with Gasteiger partial charge in [-0.1, -0.05) is 18.6 Å². The molecule has 0 heterocycles. The van der Waals surface area contributed by atoms with Crippen molar-refractivity contribution in [3.05, 3.63) is 29.8 Å². The lowest BCUT2D eigenvalue weighted by Gasteiger charge is -2.25. The Morgan fingerprint density at radius 1 is 1.37 bits per heavy atom. The minimum atomic E-state index is -2.53. The van der Waals surface area contributed by atoms with Crippen LogP contribution in [0.25, 0.3) is 0 Å². The molecule has 3 nitrogen and oxygen atoms in total. The van der Waals surface area contributed by atoms with E-state index in [4.69, 9.17) is 5.73 Å². The summed E-state index contributed by atoms with van der Waals surface area (Å²) in [5, 5.41) is 2.70. The third-order valence-electron chi connectivity index (χ3n) is 3.49. The predicted molar refractivity (Wildman–Crippen MR) is 70.0 cm³/mol. The Labute approximate surface area is 111 Å². The fraction of sp³-hybridized carbons (Fsp3) is 0.500. The molecule has 1 aliphatic rings. The van der Waals surface area contributed by atoms with E-state index in [9.17, 15) is 13.6 Å². The number of carbonyl (C=O) groups excluding carboxylic acids is 1. The van der Waals surface area contributed by atoms with E-state index in [1.165, 1.54) is 18.2 Å². The van der Waals surface area contributed by atoms with E-state index in [0.29, 0.717) is 12.1 Å². The zero-order valence-electron chi connectivity index (χ0n) is 10.6. The molecule has 2 unspecified atom stereocenters. The Morgan fingerprint density at radius 3 is 2.84 bits per heavy atom. The zero-order valence-corrected chi connectivity index (χ0v) is 10.6. The molecule has 104 valence electrons. The van der Waals surface area contributed by atoms with Crippen LogP contribution >= 0.6 is 0 Å². The largest absolute Gasteiger partial charge is 0.328 e. The molecule has 0 radical (unpaired) electrons. The van der Waals surface area contributed by atoms with Gasteiger partial charge in [-0.15, -0.1) is 0 Å². The molecule has 19 heavy (non-hydrogen) atoms. The van der Waals surface area contributed by atoms with Gasteiger partial charge in [-0.05, 0) is 31.4 Å². The van der Waals surface area contributed by atoms with Gasteiger partial charge in [0.1, 0.15) is 0 Å². The van der Waals surface area contributed by atoms with Gasteiger partial charge in [-0.2, -0.15) is 0 Å². The van der Waals surface area contributed by atoms with Crippen molar-refractivity contribution in [1.29, 1.82) is 0 Å². The van der Waals surface area contributed by atoms with Crippen LogP contribution in [0, 0.1) is 5.92 Å². The van der Waals surface area contributed by atoms with Gasteiger partial charge in [0.25, 0.3) is 6.43 Å². The maximum atomic E-state index is 12.6. The highest BCUT2D eigenvalue weighted by molar-refractivity contribution is 5.92. The SMILES string of the molecule is NC1CCCC(C(=O)Nc2cccc(C(F)F)c2)C1. The molecule has 2 rings (SSSR count). The molecule has 1 saturated carbocycles. The van der Waals surface area contributed by atoms with Gasteiger partial charge in [0.2, 0.25) is 5.91 Å². The monoisotopic (exact) mass is 268 g/mol. The Bertz CT molecular complexity index is 451. The summed E-state index contributed by atoms with van der Waals surface area (Å²) in [7, 11) is 0. The van der Waals surface area contributed by atoms with E-state index < -0.39 is 6.43 Å². The van der Waals surface area contributed by atoms with Gasteiger partial charge in [0.05, 0.1) is 0 Å². The number of benzene rings is 1. The number of rotatable bonds is 3. The minimum absolute atomic E-state index is 0.0666. The molecule has 0 aliphatic heterocycles. The molecule has 0 spiro atoms. The fourth-order valence-corrected chi connectivity index (χ4v) is 2.46. The average molecular weight is 268 g/mol. The summed E-state index contributed by atoms with van der Waals surface area (Å²) in [6.07, 6.45) is 0.843. The molecule has 3 N–H and O–H groups in total. The molecule has 1 amide bonds. The molecule has 1 aromatic carbocycles. The Balaban J connectivity index is 2.00. The third-order valence-corrected chi connectivity index (χ3v) is 3.49. The summed E-state index contributed by atoms with van der Waals surface area (Å²) in [5.74, 6) is -0.236. The Morgan fingerprint density at radius 2 is 2.16 bits per heavy atom. The predicted octanol–water partition coefficient (Wildman–Crippen LogP) is 3.08. The maximum Gasteiger partial charge on any atom is 0.263 e. The standard InChI is InChI=1S/C14H18F2N2O/c15-13(16)9-3-2-6-12(8-9)18-14(19)10-4-1-5-11(17)7-10/h2-3,6,8,10-11,13H,1,4-5,7,17H2,(H,18,19). The van der Waals surface area contributed by atoms with Crippen molar-refractivity contribution in [2.45, 2.75) is 38.2 Å². The van der Waals surface area contributed by atoms with Gasteiger partial charge in [-0.25, -0.2) is 8.78 Å². The number of halogens is 2. The molecule has 1 aliphatic carbocycles. The second kappa shape index (κ2) is 6.10. The Kier molecular flexibility index (Phi) is 4.47. The van der Waals surface area contributed by atoms with Gasteiger partial charge < -0.3 is 11.1 Å². The van der Waals surface area contributed by atoms with Gasteiger partial charge >= 0.3 is 0 Å². The first-order valence-corrected chi connectivity index (χ1v) is 6.51. The molecule has 2 atom stereocenters. The molecule has 0 saturated heterocycles. The molecular weight excluding hydrogens is 250 g/mol. The van der Waals surface area contributed by atoms with Crippen molar-refractivity contribution < 1.29 is 13.6 Å². The molecule has 1 fully saturated rings. The van der Waals surface area contributed by atoms with Crippen LogP contribution in [-0.4, -0.2) is 11.9 Å². The van der Waals surface area contributed by atoms with E-state index in [1.807, 2.05) is 0 Å². The van der Waals surface area contributed by atoms with Crippen molar-refractivity contribution in [1.82, 2.24) is 0 Å². The highest BCUT2D eigenvalue weighted by Gasteiger charge is 2.25. The molecule has 0 aromatic heterocycles. The normalized spacial score (nSPS) is 23.4. The summed E-state index contributed by atoms with van der Waals surface area (Å²) in [6, 6.07) is 5.86. The highest BCUT2D eigenvalue weighted by Crippen LogP contribution is 2.26. The second-order valence-electron chi connectivity index (χ2n) is 5.04. The highest BCUT2D eigenvalue weighted by atomic mass is 19.3. The number of carbonyl (C=O) groups is 1. The van der Waals surface area contributed by atoms with Crippen LogP contribution in [0.4, 0.5) is 14.5 Å². The van der Waals surface area contributed by atoms with Crippen LogP contribution in [0.1, 0.15) is 37.7 Å². The number of amides is 1. The van der Waals surface area contributed by atoms with Gasteiger partial charge in [0.15, 0.2) is 0 Å². The molecular formula is C14H18F2N2O. The van der Waals surface area contributed by atoms with Crippen molar-refractivity contribution in [2.24, 2.45) is 11.7 Å². The van der Waals surface area contributed by atoms with Crippen molar-refractivity contribution in [2.75, 3.05) is 5.32 Å². The minimum Gasteiger partial charge on any atom is -0.328 e. The lowest BCUT2D eigenvalue weighted by Crippen LogP contribution is -2.34. The van der Waals surface area contributed by atoms with E-state index in [-0.39, 0.29) is 23.4 Å². The number of hydrogen-bond acceptors (Lipinski definition) is 2. The van der Waals surface area contributed by atoms with Crippen molar-refractivity contribution in [3.8, 4) is 0 Å². The lowest BCUT2D eigenvalue weighted by molar-refractivity contribution is -0.120. The summed E-state index contributed by atoms with van der Waals surface area (Å²) in [4.78, 5) is 12.0. The molecule has 0 bridgehead atoms. The van der Waals surface area contributed by atoms with Crippen LogP contribution in [0.3, 0.4) is 0 Å². The van der Waals surface area contributed by atoms with Crippen LogP contribution in [0.5, 0.6) is 0 Å². The van der Waals surface area contributed by atoms with Gasteiger partial charge in [0, 0.05) is 23.2 Å². The quantitative estimate of drug-likeness (QED) is 0.885. The van der Waals surface area contributed by atoms with Crippen molar-refractivity contribution >= 4 is 11.6 Å². The number of anilines is 1. The van der Waals surface area contributed by atoms with Crippen LogP contribution < -0.4 is 11.1 Å². The summed E-state index contributed by atoms with van der Waals surface area (Å²) in [6.45, 7) is 0. The van der Waals surface area contributed by atoms with Crippen LogP contribution in [0.15, 0.2) is 24.3 Å². The number of nitrogens with one attached hydrogen (secondary N) is 1. The molecule has 5 heteroatoms. The summed E-state index contributed by atoms with van der Waals surface area (Å²) in [5.41, 5.74) is 6.17. The maximum absolute atomic E-state index is 12.6. The lowest BCUT2D eigenvalue weighted by atomic mass is 9.85. The number of hydrogen-bond donors (Lipinski definition) is 2. The third kappa shape index (κ3) is 3.73. The zero-order chi connectivity index (χ0) is 13.8. The number of nitrogens with two attached hydrogens (primary N) is 1.